The monoisotopic (exact) mass is 345 g/mol. The Morgan fingerprint density at radius 1 is 0.560 bits per heavy atom. The zero-order valence-corrected chi connectivity index (χ0v) is 15.2. The van der Waals surface area contributed by atoms with E-state index < -0.39 is 0 Å². The fourth-order valence-corrected chi connectivity index (χ4v) is 5.20. The topological polar surface area (TPSA) is 3.24 Å². The summed E-state index contributed by atoms with van der Waals surface area (Å²) in [7, 11) is 0. The zero-order valence-electron chi connectivity index (χ0n) is 14.3. The third-order valence-electron chi connectivity index (χ3n) is 4.87. The summed E-state index contributed by atoms with van der Waals surface area (Å²) in [6, 6.07) is 32.8. The first-order valence-electron chi connectivity index (χ1n) is 9.00. The third-order valence-corrected chi connectivity index (χ3v) is 6.48. The highest BCUT2D eigenvalue weighted by Crippen LogP contribution is 2.50. The van der Waals surface area contributed by atoms with Crippen molar-refractivity contribution in [1.82, 2.24) is 4.31 Å². The second-order valence-corrected chi connectivity index (χ2v) is 7.82. The summed E-state index contributed by atoms with van der Waals surface area (Å²) in [4.78, 5) is 0. The lowest BCUT2D eigenvalue weighted by Gasteiger charge is -2.38. The molecular weight excluding hydrogens is 322 g/mol. The van der Waals surface area contributed by atoms with Crippen LogP contribution in [0.5, 0.6) is 0 Å². The second-order valence-electron chi connectivity index (χ2n) is 6.51. The van der Waals surface area contributed by atoms with E-state index in [-0.39, 0.29) is 4.75 Å². The van der Waals surface area contributed by atoms with Gasteiger partial charge >= 0.3 is 0 Å². The van der Waals surface area contributed by atoms with E-state index in [4.69, 9.17) is 0 Å². The molecule has 3 aromatic rings. The summed E-state index contributed by atoms with van der Waals surface area (Å²) >= 11 is 1.99. The lowest BCUT2D eigenvalue weighted by atomic mass is 9.84. The molecule has 1 aliphatic rings. The predicted octanol–water partition coefficient (Wildman–Crippen LogP) is 5.72. The van der Waals surface area contributed by atoms with Crippen molar-refractivity contribution in [3.8, 4) is 0 Å². The van der Waals surface area contributed by atoms with Gasteiger partial charge in [-0.25, -0.2) is 4.31 Å². The Balaban J connectivity index is 1.93. The maximum absolute atomic E-state index is 2.55. The Hall–Kier alpha value is -2.03. The minimum Gasteiger partial charge on any atom is -0.249 e. The second kappa shape index (κ2) is 7.47. The molecule has 0 atom stereocenters. The van der Waals surface area contributed by atoms with E-state index in [1.54, 1.807) is 0 Å². The molecule has 0 amide bonds. The predicted molar refractivity (Wildman–Crippen MR) is 108 cm³/mol. The van der Waals surface area contributed by atoms with Crippen molar-refractivity contribution in [3.63, 3.8) is 0 Å². The van der Waals surface area contributed by atoms with Gasteiger partial charge in [-0.1, -0.05) is 103 Å². The van der Waals surface area contributed by atoms with Crippen molar-refractivity contribution in [2.75, 3.05) is 13.1 Å². The lowest BCUT2D eigenvalue weighted by Crippen LogP contribution is -2.30. The number of hydrogen-bond donors (Lipinski definition) is 0. The zero-order chi connectivity index (χ0) is 17.0. The number of nitrogens with zero attached hydrogens (tertiary/aromatic N) is 1. The summed E-state index contributed by atoms with van der Waals surface area (Å²) < 4.78 is 2.33. The molecule has 3 aromatic carbocycles. The Morgan fingerprint density at radius 2 is 0.920 bits per heavy atom. The van der Waals surface area contributed by atoms with E-state index in [2.05, 4.69) is 95.3 Å². The van der Waals surface area contributed by atoms with Crippen molar-refractivity contribution in [3.05, 3.63) is 108 Å². The van der Waals surface area contributed by atoms with Gasteiger partial charge < -0.3 is 0 Å². The van der Waals surface area contributed by atoms with E-state index >= 15 is 0 Å². The van der Waals surface area contributed by atoms with Crippen LogP contribution in [0.1, 0.15) is 29.5 Å². The molecule has 1 saturated heterocycles. The average Bonchev–Trinajstić information content (AvgIpc) is 3.21. The molecular formula is C23H23NS. The van der Waals surface area contributed by atoms with Gasteiger partial charge in [-0.15, -0.1) is 0 Å². The van der Waals surface area contributed by atoms with Crippen LogP contribution >= 0.6 is 11.9 Å². The Bertz CT molecular complexity index is 683. The van der Waals surface area contributed by atoms with Crippen LogP contribution in [0.3, 0.4) is 0 Å². The van der Waals surface area contributed by atoms with E-state index in [1.165, 1.54) is 42.6 Å². The molecule has 0 N–H and O–H groups in total. The van der Waals surface area contributed by atoms with Crippen LogP contribution < -0.4 is 0 Å². The molecule has 1 aliphatic heterocycles. The van der Waals surface area contributed by atoms with Crippen LogP contribution in [0.15, 0.2) is 91.0 Å². The molecule has 1 fully saturated rings. The molecule has 0 aromatic heterocycles. The van der Waals surface area contributed by atoms with E-state index in [0.29, 0.717) is 0 Å². The van der Waals surface area contributed by atoms with E-state index in [9.17, 15) is 0 Å². The maximum Gasteiger partial charge on any atom is 0.105 e. The molecule has 0 bridgehead atoms. The van der Waals surface area contributed by atoms with Gasteiger partial charge in [-0.2, -0.15) is 0 Å². The SMILES string of the molecule is c1ccc(C(SN2CCCC2)(c2ccccc2)c2ccccc2)cc1. The Labute approximate surface area is 154 Å². The third kappa shape index (κ3) is 3.24. The summed E-state index contributed by atoms with van der Waals surface area (Å²) in [6.45, 7) is 2.33. The van der Waals surface area contributed by atoms with Gasteiger partial charge in [0.05, 0.1) is 0 Å². The molecule has 2 heteroatoms. The van der Waals surface area contributed by atoms with Gasteiger partial charge in [-0.3, -0.25) is 0 Å². The standard InChI is InChI=1S/C23H23NS/c1-4-12-20(13-5-1)23(21-14-6-2-7-15-21,22-16-8-3-9-17-22)25-24-18-10-11-19-24/h1-9,12-17H,10-11,18-19H2. The van der Waals surface area contributed by atoms with Gasteiger partial charge in [0, 0.05) is 13.1 Å². The summed E-state index contributed by atoms with van der Waals surface area (Å²) in [5.74, 6) is 0. The van der Waals surface area contributed by atoms with Crippen molar-refractivity contribution in [1.29, 1.82) is 0 Å². The summed E-state index contributed by atoms with van der Waals surface area (Å²) in [6.07, 6.45) is 2.59. The summed E-state index contributed by atoms with van der Waals surface area (Å²) in [5.41, 5.74) is 4.01. The van der Waals surface area contributed by atoms with Crippen LogP contribution in [0, 0.1) is 0 Å². The summed E-state index contributed by atoms with van der Waals surface area (Å²) in [5, 5.41) is 0. The lowest BCUT2D eigenvalue weighted by molar-refractivity contribution is 0.575. The molecule has 1 heterocycles. The molecule has 25 heavy (non-hydrogen) atoms. The van der Waals surface area contributed by atoms with Crippen LogP contribution in [-0.2, 0) is 4.75 Å². The first-order valence-corrected chi connectivity index (χ1v) is 9.77. The number of rotatable bonds is 5. The maximum atomic E-state index is 2.55. The van der Waals surface area contributed by atoms with Crippen LogP contribution in [0.2, 0.25) is 0 Å². The van der Waals surface area contributed by atoms with E-state index in [1.807, 2.05) is 11.9 Å². The molecule has 0 aliphatic carbocycles. The molecule has 0 unspecified atom stereocenters. The minimum absolute atomic E-state index is 0.214. The largest absolute Gasteiger partial charge is 0.249 e. The van der Waals surface area contributed by atoms with Crippen molar-refractivity contribution in [2.45, 2.75) is 17.6 Å². The normalized spacial score (nSPS) is 15.4. The van der Waals surface area contributed by atoms with Crippen LogP contribution in [0.4, 0.5) is 0 Å². The molecule has 0 saturated carbocycles. The first-order chi connectivity index (χ1) is 12.4. The molecule has 1 nitrogen and oxygen atoms in total. The van der Waals surface area contributed by atoms with Gasteiger partial charge in [-0.05, 0) is 29.5 Å². The van der Waals surface area contributed by atoms with Crippen molar-refractivity contribution < 1.29 is 0 Å². The highest BCUT2D eigenvalue weighted by Gasteiger charge is 2.39. The molecule has 0 radical (unpaired) electrons. The van der Waals surface area contributed by atoms with Crippen LogP contribution in [0.25, 0.3) is 0 Å². The van der Waals surface area contributed by atoms with Crippen molar-refractivity contribution >= 4 is 11.9 Å². The Morgan fingerprint density at radius 3 is 1.28 bits per heavy atom. The molecule has 0 spiro atoms. The van der Waals surface area contributed by atoms with E-state index in [0.717, 1.165) is 0 Å². The smallest absolute Gasteiger partial charge is 0.105 e. The average molecular weight is 346 g/mol. The van der Waals surface area contributed by atoms with Gasteiger partial charge in [0.15, 0.2) is 0 Å². The Kier molecular flexibility index (Phi) is 4.91. The highest BCUT2D eigenvalue weighted by atomic mass is 32.2. The minimum atomic E-state index is -0.214. The number of benzene rings is 3. The van der Waals surface area contributed by atoms with Gasteiger partial charge in [0.1, 0.15) is 4.75 Å². The fourth-order valence-electron chi connectivity index (χ4n) is 3.65. The van der Waals surface area contributed by atoms with Crippen LogP contribution in [-0.4, -0.2) is 17.4 Å². The first kappa shape index (κ1) is 16.4. The molecule has 126 valence electrons. The quantitative estimate of drug-likeness (QED) is 0.429. The fraction of sp³-hybridized carbons (Fsp3) is 0.217. The van der Waals surface area contributed by atoms with Gasteiger partial charge in [0.2, 0.25) is 0 Å². The number of hydrogen-bond acceptors (Lipinski definition) is 2. The van der Waals surface area contributed by atoms with Gasteiger partial charge in [0.25, 0.3) is 0 Å². The highest BCUT2D eigenvalue weighted by molar-refractivity contribution is 7.98. The van der Waals surface area contributed by atoms with Crippen molar-refractivity contribution in [2.24, 2.45) is 0 Å². The molecule has 4 rings (SSSR count).